The highest BCUT2D eigenvalue weighted by Crippen LogP contribution is 2.30. The summed E-state index contributed by atoms with van der Waals surface area (Å²) in [5, 5.41) is 1.19. The average molecular weight is 439 g/mol. The first kappa shape index (κ1) is 21.2. The lowest BCUT2D eigenvalue weighted by atomic mass is 10.0. The summed E-state index contributed by atoms with van der Waals surface area (Å²) in [6, 6.07) is 17.5. The SMILES string of the molecule is Cc1nc2nc(N)cc(-c3cc4cc(CN(C)CCc5ccc(C)c(C)c5)ccc4[nH]3)c2[nH]1. The van der Waals surface area contributed by atoms with Gasteiger partial charge in [-0.05, 0) is 80.8 Å². The third-order valence-electron chi connectivity index (χ3n) is 6.38. The largest absolute Gasteiger partial charge is 0.384 e. The molecule has 0 radical (unpaired) electrons. The fourth-order valence-corrected chi connectivity index (χ4v) is 4.43. The molecule has 5 rings (SSSR count). The molecule has 4 N–H and O–H groups in total. The van der Waals surface area contributed by atoms with Gasteiger partial charge in [0.25, 0.3) is 0 Å². The molecule has 6 heteroatoms. The van der Waals surface area contributed by atoms with Crippen molar-refractivity contribution in [2.75, 3.05) is 19.3 Å². The first-order valence-corrected chi connectivity index (χ1v) is 11.4. The van der Waals surface area contributed by atoms with Gasteiger partial charge in [-0.3, -0.25) is 0 Å². The Kier molecular flexibility index (Phi) is 5.38. The summed E-state index contributed by atoms with van der Waals surface area (Å²) in [6.07, 6.45) is 1.05. The Bertz CT molecular complexity index is 1460. The second kappa shape index (κ2) is 8.37. The highest BCUT2D eigenvalue weighted by atomic mass is 15.1. The number of H-pyrrole nitrogens is 2. The van der Waals surface area contributed by atoms with Crippen LogP contribution in [0.3, 0.4) is 0 Å². The summed E-state index contributed by atoms with van der Waals surface area (Å²) >= 11 is 0. The van der Waals surface area contributed by atoms with Crippen molar-refractivity contribution in [3.63, 3.8) is 0 Å². The smallest absolute Gasteiger partial charge is 0.180 e. The Balaban J connectivity index is 1.35. The van der Waals surface area contributed by atoms with E-state index in [9.17, 15) is 0 Å². The molecule has 0 bridgehead atoms. The van der Waals surface area contributed by atoms with Gasteiger partial charge in [0.05, 0.1) is 5.52 Å². The number of hydrogen-bond acceptors (Lipinski definition) is 4. The molecule has 168 valence electrons. The molecule has 0 atom stereocenters. The molecule has 0 unspecified atom stereocenters. The summed E-state index contributed by atoms with van der Waals surface area (Å²) in [6.45, 7) is 8.20. The van der Waals surface area contributed by atoms with Crippen LogP contribution >= 0.6 is 0 Å². The molecule has 6 nitrogen and oxygen atoms in total. The molecule has 3 aromatic heterocycles. The molecule has 0 aliphatic heterocycles. The van der Waals surface area contributed by atoms with Crippen molar-refractivity contribution >= 4 is 27.9 Å². The number of fused-ring (bicyclic) bond motifs is 2. The molecule has 0 spiro atoms. The van der Waals surface area contributed by atoms with E-state index in [1.165, 1.54) is 27.6 Å². The molecule has 3 heterocycles. The van der Waals surface area contributed by atoms with Gasteiger partial charge in [-0.15, -0.1) is 0 Å². The standard InChI is InChI=1S/C27H30N6/c1-16-5-6-19(11-17(16)2)9-10-33(4)15-20-7-8-23-21(12-20)13-24(31-23)22-14-25(28)32-27-26(22)29-18(3)30-27/h5-8,11-14,31H,9-10,15H2,1-4H3,(H3,28,29,30,32). The fraction of sp³-hybridized carbons (Fsp3) is 0.259. The summed E-state index contributed by atoms with van der Waals surface area (Å²) < 4.78 is 0. The zero-order valence-electron chi connectivity index (χ0n) is 19.7. The normalized spacial score (nSPS) is 11.8. The Morgan fingerprint density at radius 3 is 2.52 bits per heavy atom. The topological polar surface area (TPSA) is 86.6 Å². The molecule has 5 aromatic rings. The van der Waals surface area contributed by atoms with Crippen LogP contribution in [0.4, 0.5) is 5.82 Å². The monoisotopic (exact) mass is 438 g/mol. The summed E-state index contributed by atoms with van der Waals surface area (Å²) in [5.41, 5.74) is 16.1. The second-order valence-corrected chi connectivity index (χ2v) is 9.13. The van der Waals surface area contributed by atoms with E-state index in [4.69, 9.17) is 5.73 Å². The molecule has 0 amide bonds. The van der Waals surface area contributed by atoms with Crippen LogP contribution in [0.1, 0.15) is 28.1 Å². The quantitative estimate of drug-likeness (QED) is 0.336. The second-order valence-electron chi connectivity index (χ2n) is 9.13. The number of pyridine rings is 1. The van der Waals surface area contributed by atoms with Gasteiger partial charge in [-0.25, -0.2) is 9.97 Å². The van der Waals surface area contributed by atoms with Gasteiger partial charge in [-0.1, -0.05) is 24.3 Å². The maximum atomic E-state index is 6.05. The van der Waals surface area contributed by atoms with Crippen molar-refractivity contribution < 1.29 is 0 Å². The minimum atomic E-state index is 0.466. The number of nitrogens with two attached hydrogens (primary N) is 1. The van der Waals surface area contributed by atoms with Gasteiger partial charge in [0.15, 0.2) is 5.65 Å². The van der Waals surface area contributed by atoms with Crippen molar-refractivity contribution in [1.82, 2.24) is 24.8 Å². The number of benzene rings is 2. The molecular weight excluding hydrogens is 408 g/mol. The number of imidazole rings is 1. The van der Waals surface area contributed by atoms with E-state index >= 15 is 0 Å². The minimum Gasteiger partial charge on any atom is -0.384 e. The highest BCUT2D eigenvalue weighted by Gasteiger charge is 2.13. The summed E-state index contributed by atoms with van der Waals surface area (Å²) in [7, 11) is 2.19. The lowest BCUT2D eigenvalue weighted by Gasteiger charge is -2.17. The molecule has 0 saturated heterocycles. The van der Waals surface area contributed by atoms with Crippen LogP contribution in [-0.2, 0) is 13.0 Å². The van der Waals surface area contributed by atoms with Crippen LogP contribution in [0.15, 0.2) is 48.5 Å². The van der Waals surface area contributed by atoms with Crippen molar-refractivity contribution in [2.24, 2.45) is 0 Å². The number of hydrogen-bond donors (Lipinski definition) is 3. The molecule has 2 aromatic carbocycles. The summed E-state index contributed by atoms with van der Waals surface area (Å²) in [5.74, 6) is 1.29. The van der Waals surface area contributed by atoms with Crippen LogP contribution in [0.5, 0.6) is 0 Å². The zero-order chi connectivity index (χ0) is 23.1. The van der Waals surface area contributed by atoms with Crippen molar-refractivity contribution in [1.29, 1.82) is 0 Å². The van der Waals surface area contributed by atoms with E-state index in [0.717, 1.165) is 47.6 Å². The van der Waals surface area contributed by atoms with E-state index in [2.05, 4.69) is 88.2 Å². The van der Waals surface area contributed by atoms with Gasteiger partial charge < -0.3 is 20.6 Å². The maximum absolute atomic E-state index is 6.05. The van der Waals surface area contributed by atoms with Crippen molar-refractivity contribution in [3.05, 3.63) is 76.6 Å². The maximum Gasteiger partial charge on any atom is 0.180 e. The number of aromatic amines is 2. The van der Waals surface area contributed by atoms with Crippen molar-refractivity contribution in [2.45, 2.75) is 33.7 Å². The number of nitrogen functional groups attached to an aromatic ring is 1. The number of rotatable bonds is 6. The predicted molar refractivity (Wildman–Crippen MR) is 136 cm³/mol. The number of likely N-dealkylation sites (N-methyl/N-ethyl adjacent to an activating group) is 1. The number of nitrogens with zero attached hydrogens (tertiary/aromatic N) is 3. The van der Waals surface area contributed by atoms with E-state index < -0.39 is 0 Å². The van der Waals surface area contributed by atoms with Crippen LogP contribution in [0.2, 0.25) is 0 Å². The van der Waals surface area contributed by atoms with Crippen LogP contribution in [0, 0.1) is 20.8 Å². The van der Waals surface area contributed by atoms with Crippen LogP contribution in [0.25, 0.3) is 33.3 Å². The lowest BCUT2D eigenvalue weighted by molar-refractivity contribution is 0.331. The number of nitrogens with one attached hydrogen (secondary N) is 2. The van der Waals surface area contributed by atoms with Crippen LogP contribution < -0.4 is 5.73 Å². The first-order valence-electron chi connectivity index (χ1n) is 11.4. The molecule has 0 aliphatic carbocycles. The Morgan fingerprint density at radius 1 is 0.879 bits per heavy atom. The Morgan fingerprint density at radius 2 is 1.70 bits per heavy atom. The van der Waals surface area contributed by atoms with Gasteiger partial charge >= 0.3 is 0 Å². The Labute approximate surface area is 193 Å². The van der Waals surface area contributed by atoms with Gasteiger partial charge in [-0.2, -0.15) is 0 Å². The lowest BCUT2D eigenvalue weighted by Crippen LogP contribution is -2.20. The Hall–Kier alpha value is -3.64. The van der Waals surface area contributed by atoms with E-state index in [0.29, 0.717) is 11.5 Å². The molecule has 0 fully saturated rings. The van der Waals surface area contributed by atoms with Crippen LogP contribution in [-0.4, -0.2) is 38.4 Å². The number of aryl methyl sites for hydroxylation is 3. The molecular formula is C27H30N6. The van der Waals surface area contributed by atoms with E-state index in [1.807, 2.05) is 13.0 Å². The number of aromatic nitrogens is 4. The third-order valence-corrected chi connectivity index (χ3v) is 6.38. The molecule has 0 aliphatic rings. The average Bonchev–Trinajstić information content (AvgIpc) is 3.36. The zero-order valence-corrected chi connectivity index (χ0v) is 19.7. The van der Waals surface area contributed by atoms with Gasteiger partial charge in [0.1, 0.15) is 11.6 Å². The third kappa shape index (κ3) is 4.34. The summed E-state index contributed by atoms with van der Waals surface area (Å²) in [4.78, 5) is 18.0. The molecule has 33 heavy (non-hydrogen) atoms. The van der Waals surface area contributed by atoms with Crippen molar-refractivity contribution in [3.8, 4) is 11.3 Å². The molecule has 0 saturated carbocycles. The first-order chi connectivity index (χ1) is 15.9. The highest BCUT2D eigenvalue weighted by molar-refractivity contribution is 5.95. The van der Waals surface area contributed by atoms with E-state index in [-0.39, 0.29) is 0 Å². The minimum absolute atomic E-state index is 0.466. The van der Waals surface area contributed by atoms with Gasteiger partial charge in [0, 0.05) is 35.2 Å². The fourth-order valence-electron chi connectivity index (χ4n) is 4.43. The number of anilines is 1. The van der Waals surface area contributed by atoms with E-state index in [1.54, 1.807) is 0 Å². The predicted octanol–water partition coefficient (Wildman–Crippen LogP) is 5.29. The van der Waals surface area contributed by atoms with Gasteiger partial charge in [0.2, 0.25) is 0 Å².